The lowest BCUT2D eigenvalue weighted by atomic mass is 10.3. The zero-order valence-electron chi connectivity index (χ0n) is 13.2. The minimum Gasteiger partial charge on any atom is -0.435 e. The molecule has 0 unspecified atom stereocenters. The van der Waals surface area contributed by atoms with E-state index in [2.05, 4.69) is 15.4 Å². The summed E-state index contributed by atoms with van der Waals surface area (Å²) in [5, 5.41) is 7.32. The van der Waals surface area contributed by atoms with Crippen LogP contribution in [0.4, 0.5) is 0 Å². The maximum absolute atomic E-state index is 12.2. The second-order valence-electron chi connectivity index (χ2n) is 5.36. The Balaban J connectivity index is 2.01. The zero-order valence-corrected chi connectivity index (χ0v) is 13.2. The highest BCUT2D eigenvalue weighted by Gasteiger charge is 2.19. The van der Waals surface area contributed by atoms with E-state index in [0.717, 1.165) is 11.4 Å². The first-order valence-electron chi connectivity index (χ1n) is 7.19. The van der Waals surface area contributed by atoms with Gasteiger partial charge in [-0.2, -0.15) is 5.10 Å². The number of aromatic nitrogens is 3. The number of aryl methyl sites for hydroxylation is 4. The van der Waals surface area contributed by atoms with Gasteiger partial charge in [0, 0.05) is 18.2 Å². The van der Waals surface area contributed by atoms with E-state index in [1.807, 2.05) is 38.4 Å². The van der Waals surface area contributed by atoms with Gasteiger partial charge in [-0.15, -0.1) is 0 Å². The second-order valence-corrected chi connectivity index (χ2v) is 5.36. The van der Waals surface area contributed by atoms with Crippen molar-refractivity contribution in [1.82, 2.24) is 20.1 Å². The van der Waals surface area contributed by atoms with E-state index >= 15 is 0 Å². The molecular formula is C15H22N4O2. The van der Waals surface area contributed by atoms with E-state index in [9.17, 15) is 4.79 Å². The van der Waals surface area contributed by atoms with Gasteiger partial charge in [0.1, 0.15) is 0 Å². The molecule has 114 valence electrons. The lowest BCUT2D eigenvalue weighted by molar-refractivity contribution is 0.0905. The van der Waals surface area contributed by atoms with Gasteiger partial charge in [-0.25, -0.2) is 4.98 Å². The molecule has 0 saturated heterocycles. The molecule has 1 N–H and O–H groups in total. The van der Waals surface area contributed by atoms with E-state index in [0.29, 0.717) is 30.3 Å². The highest BCUT2D eigenvalue weighted by Crippen LogP contribution is 2.11. The van der Waals surface area contributed by atoms with Crippen LogP contribution in [0, 0.1) is 20.8 Å². The molecule has 0 spiro atoms. The van der Waals surface area contributed by atoms with E-state index in [1.54, 1.807) is 6.92 Å². The summed E-state index contributed by atoms with van der Waals surface area (Å²) >= 11 is 0. The largest absolute Gasteiger partial charge is 0.435 e. The van der Waals surface area contributed by atoms with Gasteiger partial charge in [0.15, 0.2) is 5.89 Å². The molecule has 2 rings (SSSR count). The molecule has 1 atom stereocenters. The molecule has 2 aromatic heterocycles. The van der Waals surface area contributed by atoms with Crippen molar-refractivity contribution in [3.8, 4) is 0 Å². The number of rotatable bonds is 5. The van der Waals surface area contributed by atoms with E-state index in [1.165, 1.54) is 0 Å². The van der Waals surface area contributed by atoms with Crippen LogP contribution in [0.1, 0.15) is 47.4 Å². The van der Waals surface area contributed by atoms with E-state index in [4.69, 9.17) is 4.42 Å². The van der Waals surface area contributed by atoms with Crippen LogP contribution >= 0.6 is 0 Å². The summed E-state index contributed by atoms with van der Waals surface area (Å²) in [6.45, 7) is 10.3. The third-order valence-electron chi connectivity index (χ3n) is 3.28. The molecule has 0 aliphatic rings. The molecule has 21 heavy (non-hydrogen) atoms. The third-order valence-corrected chi connectivity index (χ3v) is 3.28. The molecule has 6 heteroatoms. The minimum atomic E-state index is -0.228. The van der Waals surface area contributed by atoms with Gasteiger partial charge in [0.05, 0.1) is 17.9 Å². The van der Waals surface area contributed by atoms with Gasteiger partial charge in [-0.1, -0.05) is 6.92 Å². The van der Waals surface area contributed by atoms with Crippen molar-refractivity contribution in [2.45, 2.75) is 53.6 Å². The van der Waals surface area contributed by atoms with Gasteiger partial charge in [-0.3, -0.25) is 9.48 Å². The van der Waals surface area contributed by atoms with Gasteiger partial charge in [0.2, 0.25) is 5.76 Å². The van der Waals surface area contributed by atoms with Crippen LogP contribution in [0.5, 0.6) is 0 Å². The maximum atomic E-state index is 12.2. The Hall–Kier alpha value is -2.11. The average molecular weight is 290 g/mol. The number of carbonyl (C=O) groups excluding carboxylic acids is 1. The standard InChI is InChI=1S/C15H22N4O2/c1-6-13-17-12(5)14(21-13)15(20)16-10(3)8-19-11(4)7-9(2)18-19/h7,10H,6,8H2,1-5H3,(H,16,20)/t10-/m0/s1. The number of nitrogens with zero attached hydrogens (tertiary/aromatic N) is 3. The van der Waals surface area contributed by atoms with Crippen LogP contribution < -0.4 is 5.32 Å². The summed E-state index contributed by atoms with van der Waals surface area (Å²) in [5.41, 5.74) is 2.69. The Bertz CT molecular complexity index is 642. The second kappa shape index (κ2) is 6.11. The number of carbonyl (C=O) groups is 1. The highest BCUT2D eigenvalue weighted by atomic mass is 16.4. The van der Waals surface area contributed by atoms with Gasteiger partial charge in [0.25, 0.3) is 5.91 Å². The first-order chi connectivity index (χ1) is 9.90. The molecule has 0 radical (unpaired) electrons. The molecule has 2 aromatic rings. The van der Waals surface area contributed by atoms with Crippen molar-refractivity contribution in [2.24, 2.45) is 0 Å². The maximum Gasteiger partial charge on any atom is 0.289 e. The first kappa shape index (κ1) is 15.3. The number of nitrogens with one attached hydrogen (secondary N) is 1. The van der Waals surface area contributed by atoms with Crippen molar-refractivity contribution in [3.63, 3.8) is 0 Å². The van der Waals surface area contributed by atoms with Crippen LogP contribution in [0.25, 0.3) is 0 Å². The van der Waals surface area contributed by atoms with Crippen molar-refractivity contribution in [3.05, 3.63) is 34.8 Å². The van der Waals surface area contributed by atoms with Crippen molar-refractivity contribution in [2.75, 3.05) is 0 Å². The number of hydrogen-bond donors (Lipinski definition) is 1. The number of hydrogen-bond acceptors (Lipinski definition) is 4. The highest BCUT2D eigenvalue weighted by molar-refractivity contribution is 5.92. The Kier molecular flexibility index (Phi) is 4.45. The zero-order chi connectivity index (χ0) is 15.6. The van der Waals surface area contributed by atoms with Gasteiger partial charge >= 0.3 is 0 Å². The molecule has 0 bridgehead atoms. The normalized spacial score (nSPS) is 12.4. The fourth-order valence-electron chi connectivity index (χ4n) is 2.27. The van der Waals surface area contributed by atoms with Crippen molar-refractivity contribution in [1.29, 1.82) is 0 Å². The van der Waals surface area contributed by atoms with Crippen LogP contribution in [0.2, 0.25) is 0 Å². The molecule has 0 fully saturated rings. The van der Waals surface area contributed by atoms with Crippen LogP contribution in [-0.4, -0.2) is 26.7 Å². The smallest absolute Gasteiger partial charge is 0.289 e. The lowest BCUT2D eigenvalue weighted by Crippen LogP contribution is -2.36. The summed E-state index contributed by atoms with van der Waals surface area (Å²) in [7, 11) is 0. The predicted octanol–water partition coefficient (Wildman–Crippen LogP) is 2.18. The van der Waals surface area contributed by atoms with Crippen molar-refractivity contribution >= 4 is 5.91 Å². The molecule has 0 aromatic carbocycles. The fourth-order valence-corrected chi connectivity index (χ4v) is 2.27. The summed E-state index contributed by atoms with van der Waals surface area (Å²) in [5.74, 6) is 0.657. The van der Waals surface area contributed by atoms with E-state index in [-0.39, 0.29) is 11.9 Å². The topological polar surface area (TPSA) is 73.0 Å². The van der Waals surface area contributed by atoms with E-state index < -0.39 is 0 Å². The SMILES string of the molecule is CCc1nc(C)c(C(=O)N[C@@H](C)Cn2nc(C)cc2C)o1. The van der Waals surface area contributed by atoms with Crippen molar-refractivity contribution < 1.29 is 9.21 Å². The van der Waals surface area contributed by atoms with Crippen LogP contribution in [-0.2, 0) is 13.0 Å². The van der Waals surface area contributed by atoms with Crippen LogP contribution in [0.15, 0.2) is 10.5 Å². The monoisotopic (exact) mass is 290 g/mol. The van der Waals surface area contributed by atoms with Gasteiger partial charge in [-0.05, 0) is 33.8 Å². The summed E-state index contributed by atoms with van der Waals surface area (Å²) in [6, 6.07) is 1.97. The lowest BCUT2D eigenvalue weighted by Gasteiger charge is -2.14. The third kappa shape index (κ3) is 3.51. The molecule has 0 saturated carbocycles. The average Bonchev–Trinajstić information content (AvgIpc) is 2.92. The first-order valence-corrected chi connectivity index (χ1v) is 7.19. The molecule has 2 heterocycles. The summed E-state index contributed by atoms with van der Waals surface area (Å²) < 4.78 is 7.35. The molecule has 6 nitrogen and oxygen atoms in total. The Morgan fingerprint density at radius 3 is 2.67 bits per heavy atom. The Morgan fingerprint density at radius 2 is 2.14 bits per heavy atom. The summed E-state index contributed by atoms with van der Waals surface area (Å²) in [4.78, 5) is 16.4. The quantitative estimate of drug-likeness (QED) is 0.916. The number of amides is 1. The fraction of sp³-hybridized carbons (Fsp3) is 0.533. The minimum absolute atomic E-state index is 0.0509. The summed E-state index contributed by atoms with van der Waals surface area (Å²) in [6.07, 6.45) is 0.676. The molecule has 0 aliphatic heterocycles. The number of oxazole rings is 1. The van der Waals surface area contributed by atoms with Crippen LogP contribution in [0.3, 0.4) is 0 Å². The van der Waals surface area contributed by atoms with Gasteiger partial charge < -0.3 is 9.73 Å². The Morgan fingerprint density at radius 1 is 1.43 bits per heavy atom. The molecule has 0 aliphatic carbocycles. The predicted molar refractivity (Wildman–Crippen MR) is 79.2 cm³/mol. The molecular weight excluding hydrogens is 268 g/mol. The molecule has 1 amide bonds. The Labute approximate surface area is 124 Å².